The maximum Gasteiger partial charge on any atom is 0.0639 e. The van der Waals surface area contributed by atoms with Gasteiger partial charge in [-0.15, -0.1) is 0 Å². The zero-order chi connectivity index (χ0) is 8.91. The molecule has 0 unspecified atom stereocenters. The van der Waals surface area contributed by atoms with E-state index < -0.39 is 0 Å². The molecule has 0 saturated heterocycles. The molecule has 0 fully saturated rings. The van der Waals surface area contributed by atoms with Crippen molar-refractivity contribution in [3.05, 3.63) is 11.1 Å². The smallest absolute Gasteiger partial charge is 0.0639 e. The zero-order valence-corrected chi connectivity index (χ0v) is 8.99. The summed E-state index contributed by atoms with van der Waals surface area (Å²) in [6.07, 6.45) is 0. The van der Waals surface area contributed by atoms with Crippen LogP contribution in [0.1, 0.15) is 13.8 Å². The van der Waals surface area contributed by atoms with E-state index in [1.54, 1.807) is 7.11 Å². The van der Waals surface area contributed by atoms with Gasteiger partial charge in [-0.2, -0.15) is 0 Å². The number of rotatable bonds is 5. The average Bonchev–Trinajstić information content (AvgIpc) is 1.84. The highest BCUT2D eigenvalue weighted by Crippen LogP contribution is 2.05. The van der Waals surface area contributed by atoms with Crippen LogP contribution in [0.4, 0.5) is 0 Å². The minimum atomic E-state index is 0.0193. The van der Waals surface area contributed by atoms with Gasteiger partial charge in [-0.1, -0.05) is 22.5 Å². The van der Waals surface area contributed by atoms with E-state index in [4.69, 9.17) is 4.74 Å². The molecule has 66 valence electrons. The molecule has 0 aromatic heterocycles. The standard InChI is InChI=1S/C8H16BrNO/c1-7(9)5-10-8(2,3)6-11-4/h10H,1,5-6H2,2-4H3. The lowest BCUT2D eigenvalue weighted by molar-refractivity contribution is 0.131. The molecule has 11 heavy (non-hydrogen) atoms. The Morgan fingerprint density at radius 2 is 2.18 bits per heavy atom. The molecule has 0 bridgehead atoms. The van der Waals surface area contributed by atoms with E-state index in [0.29, 0.717) is 6.61 Å². The summed E-state index contributed by atoms with van der Waals surface area (Å²) in [6.45, 7) is 9.39. The van der Waals surface area contributed by atoms with Crippen LogP contribution in [0.15, 0.2) is 11.1 Å². The van der Waals surface area contributed by atoms with E-state index in [9.17, 15) is 0 Å². The van der Waals surface area contributed by atoms with Crippen molar-refractivity contribution >= 4 is 15.9 Å². The number of methoxy groups -OCH3 is 1. The molecule has 2 nitrogen and oxygen atoms in total. The van der Waals surface area contributed by atoms with Crippen molar-refractivity contribution in [2.45, 2.75) is 19.4 Å². The third-order valence-corrected chi connectivity index (χ3v) is 1.54. The molecule has 0 aromatic rings. The van der Waals surface area contributed by atoms with Crippen molar-refractivity contribution in [3.8, 4) is 0 Å². The Morgan fingerprint density at radius 1 is 1.64 bits per heavy atom. The average molecular weight is 222 g/mol. The molecule has 0 aliphatic carbocycles. The van der Waals surface area contributed by atoms with E-state index in [1.807, 2.05) is 0 Å². The predicted octanol–water partition coefficient (Wildman–Crippen LogP) is 1.91. The monoisotopic (exact) mass is 221 g/mol. The molecular weight excluding hydrogens is 206 g/mol. The van der Waals surface area contributed by atoms with Gasteiger partial charge in [0, 0.05) is 23.7 Å². The number of ether oxygens (including phenoxy) is 1. The fourth-order valence-corrected chi connectivity index (χ4v) is 0.887. The van der Waals surface area contributed by atoms with Gasteiger partial charge in [0.15, 0.2) is 0 Å². The summed E-state index contributed by atoms with van der Waals surface area (Å²) in [5.41, 5.74) is 0.0193. The van der Waals surface area contributed by atoms with Crippen molar-refractivity contribution < 1.29 is 4.74 Å². The first-order valence-corrected chi connectivity index (χ1v) is 4.34. The van der Waals surface area contributed by atoms with Crippen LogP contribution >= 0.6 is 15.9 Å². The maximum absolute atomic E-state index is 5.03. The molecule has 0 rings (SSSR count). The molecule has 0 saturated carbocycles. The third kappa shape index (κ3) is 6.53. The van der Waals surface area contributed by atoms with Gasteiger partial charge in [0.05, 0.1) is 6.61 Å². The lowest BCUT2D eigenvalue weighted by Crippen LogP contribution is -2.43. The number of hydrogen-bond donors (Lipinski definition) is 1. The van der Waals surface area contributed by atoms with E-state index in [1.165, 1.54) is 0 Å². The predicted molar refractivity (Wildman–Crippen MR) is 52.0 cm³/mol. The lowest BCUT2D eigenvalue weighted by atomic mass is 10.1. The Morgan fingerprint density at radius 3 is 2.55 bits per heavy atom. The molecule has 0 heterocycles. The van der Waals surface area contributed by atoms with Crippen molar-refractivity contribution in [2.75, 3.05) is 20.3 Å². The molecule has 3 heteroatoms. The summed E-state index contributed by atoms with van der Waals surface area (Å²) in [5.74, 6) is 0. The van der Waals surface area contributed by atoms with Crippen molar-refractivity contribution in [1.29, 1.82) is 0 Å². The van der Waals surface area contributed by atoms with E-state index in [2.05, 4.69) is 41.7 Å². The lowest BCUT2D eigenvalue weighted by Gasteiger charge is -2.25. The number of hydrogen-bond acceptors (Lipinski definition) is 2. The Kier molecular flexibility index (Phi) is 4.97. The Balaban J connectivity index is 3.63. The minimum Gasteiger partial charge on any atom is -0.383 e. The van der Waals surface area contributed by atoms with Crippen LogP contribution in [0, 0.1) is 0 Å². The van der Waals surface area contributed by atoms with Gasteiger partial charge in [0.1, 0.15) is 0 Å². The third-order valence-electron chi connectivity index (χ3n) is 1.26. The quantitative estimate of drug-likeness (QED) is 0.767. The topological polar surface area (TPSA) is 21.3 Å². The summed E-state index contributed by atoms with van der Waals surface area (Å²) in [7, 11) is 1.70. The second-order valence-electron chi connectivity index (χ2n) is 3.19. The maximum atomic E-state index is 5.03. The van der Waals surface area contributed by atoms with Gasteiger partial charge < -0.3 is 10.1 Å². The van der Waals surface area contributed by atoms with Crippen molar-refractivity contribution in [2.24, 2.45) is 0 Å². The van der Waals surface area contributed by atoms with Crippen LogP contribution in [-0.4, -0.2) is 25.8 Å². The highest BCUT2D eigenvalue weighted by atomic mass is 79.9. The van der Waals surface area contributed by atoms with Gasteiger partial charge in [0.2, 0.25) is 0 Å². The Bertz CT molecular complexity index is 134. The van der Waals surface area contributed by atoms with E-state index in [-0.39, 0.29) is 5.54 Å². The number of halogens is 1. The first kappa shape index (κ1) is 11.1. The Hall–Kier alpha value is 0.140. The second kappa shape index (κ2) is 4.91. The first-order chi connectivity index (χ1) is 4.98. The molecule has 0 aliphatic heterocycles. The van der Waals surface area contributed by atoms with Crippen LogP contribution in [0.25, 0.3) is 0 Å². The second-order valence-corrected chi connectivity index (χ2v) is 4.31. The fraction of sp³-hybridized carbons (Fsp3) is 0.750. The molecule has 0 aromatic carbocycles. The fourth-order valence-electron chi connectivity index (χ4n) is 0.747. The molecule has 0 radical (unpaired) electrons. The summed E-state index contributed by atoms with van der Waals surface area (Å²) >= 11 is 3.28. The van der Waals surface area contributed by atoms with Crippen LogP contribution in [0.5, 0.6) is 0 Å². The first-order valence-electron chi connectivity index (χ1n) is 3.55. The molecule has 0 spiro atoms. The van der Waals surface area contributed by atoms with E-state index >= 15 is 0 Å². The van der Waals surface area contributed by atoms with Crippen molar-refractivity contribution in [1.82, 2.24) is 5.32 Å². The molecular formula is C8H16BrNO. The Labute approximate surface area is 77.1 Å². The highest BCUT2D eigenvalue weighted by Gasteiger charge is 2.15. The van der Waals surface area contributed by atoms with Gasteiger partial charge in [0.25, 0.3) is 0 Å². The highest BCUT2D eigenvalue weighted by molar-refractivity contribution is 9.11. The summed E-state index contributed by atoms with van der Waals surface area (Å²) in [4.78, 5) is 0. The number of nitrogens with one attached hydrogen (secondary N) is 1. The minimum absolute atomic E-state index is 0.0193. The van der Waals surface area contributed by atoms with Gasteiger partial charge in [-0.25, -0.2) is 0 Å². The molecule has 1 N–H and O–H groups in total. The molecule has 0 atom stereocenters. The zero-order valence-electron chi connectivity index (χ0n) is 7.41. The summed E-state index contributed by atoms with van der Waals surface area (Å²) in [5, 5.41) is 3.29. The van der Waals surface area contributed by atoms with Gasteiger partial charge in [-0.3, -0.25) is 0 Å². The van der Waals surface area contributed by atoms with Crippen LogP contribution in [-0.2, 0) is 4.74 Å². The van der Waals surface area contributed by atoms with E-state index in [0.717, 1.165) is 11.0 Å². The van der Waals surface area contributed by atoms with Crippen LogP contribution in [0.3, 0.4) is 0 Å². The summed E-state index contributed by atoms with van der Waals surface area (Å²) in [6, 6.07) is 0. The van der Waals surface area contributed by atoms with Gasteiger partial charge >= 0.3 is 0 Å². The van der Waals surface area contributed by atoms with Gasteiger partial charge in [-0.05, 0) is 13.8 Å². The van der Waals surface area contributed by atoms with Crippen molar-refractivity contribution in [3.63, 3.8) is 0 Å². The van der Waals surface area contributed by atoms with Crippen LogP contribution < -0.4 is 5.32 Å². The SMILES string of the molecule is C=C(Br)CNC(C)(C)COC. The largest absolute Gasteiger partial charge is 0.383 e. The molecule has 0 aliphatic rings. The summed E-state index contributed by atoms with van der Waals surface area (Å²) < 4.78 is 5.99. The molecule has 0 amide bonds. The normalized spacial score (nSPS) is 11.6. The van der Waals surface area contributed by atoms with Crippen LogP contribution in [0.2, 0.25) is 0 Å².